The molecule has 3 rings (SSSR count). The van der Waals surface area contributed by atoms with Gasteiger partial charge in [-0.25, -0.2) is 0 Å². The lowest BCUT2D eigenvalue weighted by molar-refractivity contribution is 0.112. The van der Waals surface area contributed by atoms with Crippen LogP contribution in [0, 0.1) is 6.92 Å². The zero-order chi connectivity index (χ0) is 13.2. The summed E-state index contributed by atoms with van der Waals surface area (Å²) in [6.45, 7) is 2.81. The Morgan fingerprint density at radius 2 is 2.16 bits per heavy atom. The maximum Gasteiger partial charge on any atom is 0.150 e. The van der Waals surface area contributed by atoms with Crippen molar-refractivity contribution in [1.82, 2.24) is 9.55 Å². The molecule has 0 saturated heterocycles. The molecular formula is C16H14N2O. The quantitative estimate of drug-likeness (QED) is 0.669. The van der Waals surface area contributed by atoms with Crippen molar-refractivity contribution >= 4 is 17.2 Å². The van der Waals surface area contributed by atoms with Gasteiger partial charge < -0.3 is 4.57 Å². The lowest BCUT2D eigenvalue weighted by atomic mass is 10.2. The number of aldehydes is 1. The molecule has 3 heteroatoms. The monoisotopic (exact) mass is 250 g/mol. The third-order valence-electron chi connectivity index (χ3n) is 3.37. The van der Waals surface area contributed by atoms with E-state index in [2.05, 4.69) is 22.5 Å². The molecule has 0 aliphatic rings. The Balaban J connectivity index is 2.02. The molecule has 0 bridgehead atoms. The molecule has 0 radical (unpaired) electrons. The van der Waals surface area contributed by atoms with Crippen LogP contribution in [0.1, 0.15) is 21.6 Å². The molecule has 0 unspecified atom stereocenters. The van der Waals surface area contributed by atoms with Gasteiger partial charge in [0.15, 0.2) is 0 Å². The zero-order valence-electron chi connectivity index (χ0n) is 10.7. The molecule has 0 saturated carbocycles. The van der Waals surface area contributed by atoms with Crippen molar-refractivity contribution in [2.24, 2.45) is 0 Å². The number of pyridine rings is 1. The number of carbonyl (C=O) groups is 1. The summed E-state index contributed by atoms with van der Waals surface area (Å²) in [4.78, 5) is 15.2. The number of aromatic nitrogens is 2. The lowest BCUT2D eigenvalue weighted by Crippen LogP contribution is -2.02. The van der Waals surface area contributed by atoms with Crippen molar-refractivity contribution in [3.63, 3.8) is 0 Å². The van der Waals surface area contributed by atoms with Gasteiger partial charge in [-0.1, -0.05) is 6.07 Å². The summed E-state index contributed by atoms with van der Waals surface area (Å²) in [5, 5.41) is 1.08. The summed E-state index contributed by atoms with van der Waals surface area (Å²) in [5.41, 5.74) is 4.09. The molecule has 0 N–H and O–H groups in total. The number of nitrogens with zero attached hydrogens (tertiary/aromatic N) is 2. The highest BCUT2D eigenvalue weighted by Crippen LogP contribution is 2.18. The highest BCUT2D eigenvalue weighted by atomic mass is 16.1. The molecule has 0 amide bonds. The Labute approximate surface area is 111 Å². The average Bonchev–Trinajstić information content (AvgIpc) is 2.83. The number of aryl methyl sites for hydroxylation is 1. The number of benzene rings is 1. The van der Waals surface area contributed by atoms with E-state index in [-0.39, 0.29) is 0 Å². The molecule has 0 spiro atoms. The summed E-state index contributed by atoms with van der Waals surface area (Å²) in [6.07, 6.45) is 4.73. The smallest absolute Gasteiger partial charge is 0.150 e. The normalized spacial score (nSPS) is 10.8. The van der Waals surface area contributed by atoms with E-state index < -0.39 is 0 Å². The first-order valence-electron chi connectivity index (χ1n) is 6.22. The Bertz CT molecular complexity index is 743. The van der Waals surface area contributed by atoms with Crippen molar-refractivity contribution in [1.29, 1.82) is 0 Å². The Hall–Kier alpha value is -2.42. The molecular weight excluding hydrogens is 236 g/mol. The standard InChI is InChI=1S/C16H14N2O/c1-12-3-2-7-17-15(12)10-18-8-6-14-9-13(11-19)4-5-16(14)18/h2-9,11H,10H2,1H3. The predicted molar refractivity (Wildman–Crippen MR) is 75.4 cm³/mol. The van der Waals surface area contributed by atoms with Crippen molar-refractivity contribution in [2.75, 3.05) is 0 Å². The van der Waals surface area contributed by atoms with Gasteiger partial charge in [0.25, 0.3) is 0 Å². The van der Waals surface area contributed by atoms with Gasteiger partial charge >= 0.3 is 0 Å². The lowest BCUT2D eigenvalue weighted by Gasteiger charge is -2.07. The van der Waals surface area contributed by atoms with E-state index in [1.165, 1.54) is 5.56 Å². The van der Waals surface area contributed by atoms with Gasteiger partial charge in [0.05, 0.1) is 12.2 Å². The van der Waals surface area contributed by atoms with Crippen molar-refractivity contribution in [3.8, 4) is 0 Å². The molecule has 19 heavy (non-hydrogen) atoms. The molecule has 94 valence electrons. The molecule has 0 atom stereocenters. The van der Waals surface area contributed by atoms with Crippen molar-refractivity contribution in [3.05, 3.63) is 65.6 Å². The Kier molecular flexibility index (Phi) is 2.88. The second kappa shape index (κ2) is 4.69. The van der Waals surface area contributed by atoms with E-state index in [0.29, 0.717) is 5.56 Å². The van der Waals surface area contributed by atoms with Crippen molar-refractivity contribution < 1.29 is 4.79 Å². The van der Waals surface area contributed by atoms with E-state index in [9.17, 15) is 4.79 Å². The Morgan fingerprint density at radius 3 is 2.95 bits per heavy atom. The van der Waals surface area contributed by atoms with Gasteiger partial charge in [0, 0.05) is 28.9 Å². The maximum absolute atomic E-state index is 10.8. The summed E-state index contributed by atoms with van der Waals surface area (Å²) < 4.78 is 2.15. The van der Waals surface area contributed by atoms with Crippen LogP contribution in [0.25, 0.3) is 10.9 Å². The van der Waals surface area contributed by atoms with Gasteiger partial charge in [0.2, 0.25) is 0 Å². The van der Waals surface area contributed by atoms with Crippen LogP contribution in [0.5, 0.6) is 0 Å². The van der Waals surface area contributed by atoms with E-state index in [0.717, 1.165) is 29.4 Å². The maximum atomic E-state index is 10.8. The number of hydrogen-bond donors (Lipinski definition) is 0. The first-order chi connectivity index (χ1) is 9.28. The number of rotatable bonds is 3. The van der Waals surface area contributed by atoms with E-state index in [4.69, 9.17) is 0 Å². The number of carbonyl (C=O) groups excluding carboxylic acids is 1. The summed E-state index contributed by atoms with van der Waals surface area (Å²) in [6, 6.07) is 11.8. The summed E-state index contributed by atoms with van der Waals surface area (Å²) >= 11 is 0. The second-order valence-electron chi connectivity index (χ2n) is 4.65. The fourth-order valence-electron chi connectivity index (χ4n) is 2.28. The molecule has 2 aromatic heterocycles. The largest absolute Gasteiger partial charge is 0.341 e. The van der Waals surface area contributed by atoms with E-state index in [1.807, 2.05) is 42.7 Å². The molecule has 1 aromatic carbocycles. The molecule has 0 fully saturated rings. The van der Waals surface area contributed by atoms with Crippen LogP contribution in [-0.4, -0.2) is 15.8 Å². The highest BCUT2D eigenvalue weighted by molar-refractivity contribution is 5.87. The molecule has 3 aromatic rings. The minimum absolute atomic E-state index is 0.708. The topological polar surface area (TPSA) is 34.9 Å². The first-order valence-corrected chi connectivity index (χ1v) is 6.22. The van der Waals surface area contributed by atoms with Crippen LogP contribution < -0.4 is 0 Å². The number of fused-ring (bicyclic) bond motifs is 1. The highest BCUT2D eigenvalue weighted by Gasteiger charge is 2.05. The third-order valence-corrected chi connectivity index (χ3v) is 3.37. The van der Waals surface area contributed by atoms with Crippen LogP contribution in [0.2, 0.25) is 0 Å². The summed E-state index contributed by atoms with van der Waals surface area (Å²) in [7, 11) is 0. The predicted octanol–water partition coefficient (Wildman–Crippen LogP) is 3.21. The SMILES string of the molecule is Cc1cccnc1Cn1ccc2cc(C=O)ccc21. The minimum Gasteiger partial charge on any atom is -0.341 e. The first kappa shape index (κ1) is 11.7. The van der Waals surface area contributed by atoms with E-state index >= 15 is 0 Å². The molecule has 0 aliphatic heterocycles. The average molecular weight is 250 g/mol. The van der Waals surface area contributed by atoms with Crippen LogP contribution in [0.4, 0.5) is 0 Å². The second-order valence-corrected chi connectivity index (χ2v) is 4.65. The van der Waals surface area contributed by atoms with Gasteiger partial charge in [-0.15, -0.1) is 0 Å². The van der Waals surface area contributed by atoms with E-state index in [1.54, 1.807) is 0 Å². The molecule has 2 heterocycles. The summed E-state index contributed by atoms with van der Waals surface area (Å²) in [5.74, 6) is 0. The van der Waals surface area contributed by atoms with Gasteiger partial charge in [-0.05, 0) is 42.8 Å². The fourth-order valence-corrected chi connectivity index (χ4v) is 2.28. The van der Waals surface area contributed by atoms with Gasteiger partial charge in [-0.3, -0.25) is 9.78 Å². The zero-order valence-corrected chi connectivity index (χ0v) is 10.7. The van der Waals surface area contributed by atoms with Crippen molar-refractivity contribution in [2.45, 2.75) is 13.5 Å². The third kappa shape index (κ3) is 2.15. The van der Waals surface area contributed by atoms with Crippen LogP contribution in [0.3, 0.4) is 0 Å². The molecule has 3 nitrogen and oxygen atoms in total. The fraction of sp³-hybridized carbons (Fsp3) is 0.125. The minimum atomic E-state index is 0.708. The van der Waals surface area contributed by atoms with Crippen LogP contribution in [0.15, 0.2) is 48.8 Å². The van der Waals surface area contributed by atoms with Gasteiger partial charge in [0.1, 0.15) is 6.29 Å². The van der Waals surface area contributed by atoms with Crippen LogP contribution in [-0.2, 0) is 6.54 Å². The Morgan fingerprint density at radius 1 is 1.26 bits per heavy atom. The van der Waals surface area contributed by atoms with Gasteiger partial charge in [-0.2, -0.15) is 0 Å². The molecule has 0 aliphatic carbocycles. The van der Waals surface area contributed by atoms with Crippen LogP contribution >= 0.6 is 0 Å². The number of hydrogen-bond acceptors (Lipinski definition) is 2.